The van der Waals surface area contributed by atoms with Crippen LogP contribution in [0.2, 0.25) is 0 Å². The van der Waals surface area contributed by atoms with Gasteiger partial charge in [-0.3, -0.25) is 9.69 Å². The van der Waals surface area contributed by atoms with Crippen LogP contribution in [0.15, 0.2) is 34.7 Å². The van der Waals surface area contributed by atoms with Crippen molar-refractivity contribution in [2.24, 2.45) is 5.41 Å². The van der Waals surface area contributed by atoms with Crippen LogP contribution in [0.5, 0.6) is 0 Å². The first-order valence-corrected chi connectivity index (χ1v) is 11.7. The lowest BCUT2D eigenvalue weighted by molar-refractivity contribution is 0.0650. The van der Waals surface area contributed by atoms with E-state index in [0.29, 0.717) is 18.3 Å². The van der Waals surface area contributed by atoms with E-state index in [1.165, 1.54) is 18.2 Å². The van der Waals surface area contributed by atoms with Crippen molar-refractivity contribution < 1.29 is 23.1 Å². The van der Waals surface area contributed by atoms with Gasteiger partial charge < -0.3 is 14.4 Å². The maximum Gasteiger partial charge on any atom is 0.289 e. The van der Waals surface area contributed by atoms with Crippen molar-refractivity contribution >= 4 is 5.91 Å². The molecule has 1 aromatic carbocycles. The smallest absolute Gasteiger partial charge is 0.289 e. The highest BCUT2D eigenvalue weighted by molar-refractivity contribution is 5.91. The third-order valence-corrected chi connectivity index (χ3v) is 7.87. The normalized spacial score (nSPS) is 28.7. The van der Waals surface area contributed by atoms with Gasteiger partial charge >= 0.3 is 0 Å². The van der Waals surface area contributed by atoms with Gasteiger partial charge in [-0.2, -0.15) is 0 Å². The average Bonchev–Trinajstić information content (AvgIpc) is 3.54. The van der Waals surface area contributed by atoms with Crippen LogP contribution in [0, 0.1) is 17.0 Å². The first-order chi connectivity index (χ1) is 15.5. The molecule has 1 spiro atoms. The zero-order chi connectivity index (χ0) is 22.3. The van der Waals surface area contributed by atoms with Crippen LogP contribution in [-0.4, -0.2) is 46.5 Å². The summed E-state index contributed by atoms with van der Waals surface area (Å²) in [6, 6.07) is 7.55. The summed E-state index contributed by atoms with van der Waals surface area (Å²) in [5, 5.41) is 9.17. The molecule has 172 valence electrons. The summed E-state index contributed by atoms with van der Waals surface area (Å²) in [4.78, 5) is 17.0. The number of likely N-dealkylation sites (tertiary alicyclic amines) is 2. The fourth-order valence-corrected chi connectivity index (χ4v) is 6.16. The second-order valence-corrected chi connectivity index (χ2v) is 9.66. The SMILES string of the molecule is O=C(c1ccc(CO)o1)N1CC[C@]2(CC[C@H](N3CCC[C@@H]3c3c(F)cccc3F)CC2)C1. The third-order valence-electron chi connectivity index (χ3n) is 7.87. The molecule has 0 unspecified atom stereocenters. The number of hydrogen-bond donors (Lipinski definition) is 1. The summed E-state index contributed by atoms with van der Waals surface area (Å²) in [6.07, 6.45) is 6.75. The maximum absolute atomic E-state index is 14.4. The van der Waals surface area contributed by atoms with Gasteiger partial charge in [-0.05, 0) is 81.2 Å². The number of halogens is 2. The zero-order valence-corrected chi connectivity index (χ0v) is 18.2. The van der Waals surface area contributed by atoms with Crippen molar-refractivity contribution in [1.82, 2.24) is 9.80 Å². The lowest BCUT2D eigenvalue weighted by Gasteiger charge is -2.42. The summed E-state index contributed by atoms with van der Waals surface area (Å²) in [7, 11) is 0. The Hall–Kier alpha value is -2.25. The second kappa shape index (κ2) is 8.60. The highest BCUT2D eigenvalue weighted by Gasteiger charge is 2.45. The number of aliphatic hydroxyl groups is 1. The van der Waals surface area contributed by atoms with E-state index in [4.69, 9.17) is 9.52 Å². The van der Waals surface area contributed by atoms with E-state index in [2.05, 4.69) is 4.90 Å². The Morgan fingerprint density at radius 2 is 1.81 bits per heavy atom. The Labute approximate surface area is 187 Å². The Morgan fingerprint density at radius 3 is 2.50 bits per heavy atom. The summed E-state index contributed by atoms with van der Waals surface area (Å²) in [6.45, 7) is 2.10. The lowest BCUT2D eigenvalue weighted by atomic mass is 9.71. The van der Waals surface area contributed by atoms with Crippen LogP contribution in [0.25, 0.3) is 0 Å². The predicted molar refractivity (Wildman–Crippen MR) is 115 cm³/mol. The van der Waals surface area contributed by atoms with Gasteiger partial charge in [-0.25, -0.2) is 8.78 Å². The molecule has 1 amide bonds. The minimum Gasteiger partial charge on any atom is -0.453 e. The number of carbonyl (C=O) groups excluding carboxylic acids is 1. The van der Waals surface area contributed by atoms with Crippen molar-refractivity contribution in [2.75, 3.05) is 19.6 Å². The Kier molecular flexibility index (Phi) is 5.80. The molecule has 2 aliphatic heterocycles. The van der Waals surface area contributed by atoms with Gasteiger partial charge in [0.1, 0.15) is 24.0 Å². The molecule has 7 heteroatoms. The number of benzene rings is 1. The quantitative estimate of drug-likeness (QED) is 0.745. The van der Waals surface area contributed by atoms with Crippen molar-refractivity contribution in [3.63, 3.8) is 0 Å². The monoisotopic (exact) mass is 444 g/mol. The molecule has 1 aromatic heterocycles. The molecule has 3 fully saturated rings. The fraction of sp³-hybridized carbons (Fsp3) is 0.560. The molecule has 5 nitrogen and oxygen atoms in total. The second-order valence-electron chi connectivity index (χ2n) is 9.66. The molecule has 1 saturated carbocycles. The van der Waals surface area contributed by atoms with E-state index >= 15 is 0 Å². The molecule has 1 atom stereocenters. The predicted octanol–water partition coefficient (Wildman–Crippen LogP) is 4.66. The van der Waals surface area contributed by atoms with Gasteiger partial charge in [-0.15, -0.1) is 0 Å². The summed E-state index contributed by atoms with van der Waals surface area (Å²) < 4.78 is 34.3. The van der Waals surface area contributed by atoms with E-state index in [-0.39, 0.29) is 35.3 Å². The molecular formula is C25H30F2N2O3. The van der Waals surface area contributed by atoms with E-state index in [1.807, 2.05) is 4.90 Å². The lowest BCUT2D eigenvalue weighted by Crippen LogP contribution is -2.42. The van der Waals surface area contributed by atoms with Crippen LogP contribution in [0.1, 0.15) is 72.9 Å². The van der Waals surface area contributed by atoms with Crippen molar-refractivity contribution in [1.29, 1.82) is 0 Å². The van der Waals surface area contributed by atoms with Gasteiger partial charge in [0.2, 0.25) is 0 Å². The molecule has 1 N–H and O–H groups in total. The Bertz CT molecular complexity index is 963. The number of nitrogens with zero attached hydrogens (tertiary/aromatic N) is 2. The molecule has 2 aromatic rings. The molecule has 3 heterocycles. The van der Waals surface area contributed by atoms with Crippen molar-refractivity contribution in [3.8, 4) is 0 Å². The molecule has 32 heavy (non-hydrogen) atoms. The molecule has 0 radical (unpaired) electrons. The van der Waals surface area contributed by atoms with Gasteiger partial charge in [0.05, 0.1) is 0 Å². The number of rotatable bonds is 4. The van der Waals surface area contributed by atoms with E-state index in [0.717, 1.165) is 58.0 Å². The van der Waals surface area contributed by atoms with Gasteiger partial charge in [-0.1, -0.05) is 6.07 Å². The third kappa shape index (κ3) is 3.86. The molecule has 2 saturated heterocycles. The van der Waals surface area contributed by atoms with Crippen LogP contribution in [-0.2, 0) is 6.61 Å². The number of aliphatic hydroxyl groups excluding tert-OH is 1. The Balaban J connectivity index is 1.23. The number of hydrogen-bond acceptors (Lipinski definition) is 4. The van der Waals surface area contributed by atoms with Crippen LogP contribution < -0.4 is 0 Å². The largest absolute Gasteiger partial charge is 0.453 e. The number of furan rings is 1. The van der Waals surface area contributed by atoms with Crippen LogP contribution >= 0.6 is 0 Å². The maximum atomic E-state index is 14.4. The van der Waals surface area contributed by atoms with E-state index in [9.17, 15) is 13.6 Å². The van der Waals surface area contributed by atoms with Gasteiger partial charge in [0.15, 0.2) is 5.76 Å². The fourth-order valence-electron chi connectivity index (χ4n) is 6.16. The molecule has 3 aliphatic rings. The van der Waals surface area contributed by atoms with Crippen molar-refractivity contribution in [3.05, 3.63) is 59.1 Å². The molecule has 1 aliphatic carbocycles. The van der Waals surface area contributed by atoms with Crippen LogP contribution in [0.4, 0.5) is 8.78 Å². The minimum absolute atomic E-state index is 0.113. The first kappa shape index (κ1) is 21.6. The number of carbonyl (C=O) groups is 1. The average molecular weight is 445 g/mol. The van der Waals surface area contributed by atoms with Crippen molar-refractivity contribution in [2.45, 2.75) is 63.6 Å². The topological polar surface area (TPSA) is 56.9 Å². The summed E-state index contributed by atoms with van der Waals surface area (Å²) >= 11 is 0. The highest BCUT2D eigenvalue weighted by Crippen LogP contribution is 2.47. The van der Waals surface area contributed by atoms with Gasteiger partial charge in [0.25, 0.3) is 5.91 Å². The van der Waals surface area contributed by atoms with E-state index < -0.39 is 11.6 Å². The Morgan fingerprint density at radius 1 is 1.06 bits per heavy atom. The zero-order valence-electron chi connectivity index (χ0n) is 18.2. The molecule has 0 bridgehead atoms. The summed E-state index contributed by atoms with van der Waals surface area (Å²) in [5.41, 5.74) is 0.348. The number of amides is 1. The molecule has 5 rings (SSSR count). The standard InChI is InChI=1S/C25H30F2N2O3/c26-19-3-1-4-20(27)23(19)21-5-2-13-29(21)17-8-10-25(11-9-17)12-14-28(16-25)24(31)22-7-6-18(15-30)32-22/h1,3-4,6-7,17,21,30H,2,5,8-16H2/t17-,21-,25+/m1/s1. The van der Waals surface area contributed by atoms with Gasteiger partial charge in [0, 0.05) is 30.7 Å². The summed E-state index contributed by atoms with van der Waals surface area (Å²) in [5.74, 6) is -0.318. The first-order valence-electron chi connectivity index (χ1n) is 11.7. The molecular weight excluding hydrogens is 414 g/mol. The minimum atomic E-state index is -0.443. The van der Waals surface area contributed by atoms with Crippen LogP contribution in [0.3, 0.4) is 0 Å². The highest BCUT2D eigenvalue weighted by atomic mass is 19.1. The van der Waals surface area contributed by atoms with E-state index in [1.54, 1.807) is 12.1 Å².